The molecule has 3 aliphatic rings. The average molecular weight is 612 g/mol. The number of rotatable bonds is 8. The number of carbonyl (C=O) groups excluding carboxylic acids is 1. The third-order valence-corrected chi connectivity index (χ3v) is 9.20. The number of aromatic nitrogens is 3. The first-order chi connectivity index (χ1) is 20.3. The van der Waals surface area contributed by atoms with E-state index in [2.05, 4.69) is 37.8 Å². The van der Waals surface area contributed by atoms with Gasteiger partial charge in [-0.3, -0.25) is 9.69 Å². The summed E-state index contributed by atoms with van der Waals surface area (Å²) in [5.74, 6) is 2.61. The Kier molecular flexibility index (Phi) is 8.81. The van der Waals surface area contributed by atoms with Gasteiger partial charge in [0.15, 0.2) is 5.75 Å². The van der Waals surface area contributed by atoms with Crippen molar-refractivity contribution in [3.05, 3.63) is 58.3 Å². The molecule has 222 valence electrons. The lowest BCUT2D eigenvalue weighted by atomic mass is 9.93. The maximum atomic E-state index is 11.7. The number of nitrogens with zero attached hydrogens (tertiary/aromatic N) is 6. The molecule has 11 heteroatoms. The number of benzene rings is 1. The fourth-order valence-corrected chi connectivity index (χ4v) is 6.99. The van der Waals surface area contributed by atoms with Gasteiger partial charge >= 0.3 is 5.97 Å². The molecule has 9 nitrogen and oxygen atoms in total. The molecule has 0 spiro atoms. The van der Waals surface area contributed by atoms with Crippen molar-refractivity contribution in [2.75, 3.05) is 51.8 Å². The number of anilines is 1. The third-order valence-electron chi connectivity index (χ3n) is 8.76. The Hall–Kier alpha value is -2.98. The van der Waals surface area contributed by atoms with Gasteiger partial charge in [0.25, 0.3) is 0 Å². The van der Waals surface area contributed by atoms with Gasteiger partial charge < -0.3 is 19.3 Å². The highest BCUT2D eigenvalue weighted by atomic mass is 35.5. The summed E-state index contributed by atoms with van der Waals surface area (Å²) in [6.45, 7) is 5.65. The molecule has 0 bridgehead atoms. The zero-order valence-corrected chi connectivity index (χ0v) is 25.5. The predicted octanol–water partition coefficient (Wildman–Crippen LogP) is 5.55. The number of likely N-dealkylation sites (tertiary alicyclic amines) is 2. The van der Waals surface area contributed by atoms with Crippen LogP contribution in [0.15, 0.2) is 42.7 Å². The second kappa shape index (κ2) is 12.7. The minimum Gasteiger partial charge on any atom is -0.469 e. The van der Waals surface area contributed by atoms with Crippen LogP contribution in [0.1, 0.15) is 31.2 Å². The Morgan fingerprint density at radius 2 is 1.71 bits per heavy atom. The number of methoxy groups -OCH3 is 1. The zero-order valence-electron chi connectivity index (χ0n) is 24.0. The second-order valence-electron chi connectivity index (χ2n) is 11.7. The maximum Gasteiger partial charge on any atom is 0.305 e. The first-order valence-corrected chi connectivity index (χ1v) is 15.3. The molecular formula is C31H36Cl2N6O3. The number of fused-ring (bicyclic) bond motifs is 1. The van der Waals surface area contributed by atoms with Crippen molar-refractivity contribution in [3.8, 4) is 22.9 Å². The van der Waals surface area contributed by atoms with E-state index in [-0.39, 0.29) is 5.97 Å². The minimum absolute atomic E-state index is 0.137. The molecule has 1 aromatic carbocycles. The van der Waals surface area contributed by atoms with Gasteiger partial charge in [-0.15, -0.1) is 0 Å². The van der Waals surface area contributed by atoms with Gasteiger partial charge in [0.2, 0.25) is 11.8 Å². The molecule has 0 radical (unpaired) electrons. The number of pyridine rings is 1. The largest absolute Gasteiger partial charge is 0.469 e. The first-order valence-electron chi connectivity index (χ1n) is 14.5. The smallest absolute Gasteiger partial charge is 0.305 e. The predicted molar refractivity (Wildman–Crippen MR) is 163 cm³/mol. The molecule has 0 N–H and O–H groups in total. The minimum atomic E-state index is -0.137. The van der Waals surface area contributed by atoms with Gasteiger partial charge in [-0.1, -0.05) is 23.2 Å². The number of ether oxygens (including phenoxy) is 2. The van der Waals surface area contributed by atoms with Crippen molar-refractivity contribution in [1.29, 1.82) is 0 Å². The van der Waals surface area contributed by atoms with Crippen molar-refractivity contribution in [1.82, 2.24) is 24.8 Å². The van der Waals surface area contributed by atoms with Crippen molar-refractivity contribution in [2.45, 2.75) is 38.3 Å². The number of halogens is 2. The van der Waals surface area contributed by atoms with Crippen LogP contribution in [0.4, 0.5) is 5.95 Å². The summed E-state index contributed by atoms with van der Waals surface area (Å²) >= 11 is 12.6. The summed E-state index contributed by atoms with van der Waals surface area (Å²) in [6.07, 6.45) is 7.06. The standard InChI is InChI=1S/C31H36Cl2N6O3/c1-37-6-5-22-18-39(19-28(22)37)31-34-15-26(16-35-31)42-29-10-21(9-27(36-29)23-12-24(32)14-25(33)13-23)17-38-7-3-20(4-8-38)11-30(40)41-2/h9-10,12-16,20,22,28H,3-8,11,17-19H2,1-2H3/t22-,28+/m1/s1. The van der Waals surface area contributed by atoms with Crippen LogP contribution in [0.3, 0.4) is 0 Å². The van der Waals surface area contributed by atoms with Crippen LogP contribution in [0.2, 0.25) is 10.0 Å². The van der Waals surface area contributed by atoms with Crippen LogP contribution in [0, 0.1) is 11.8 Å². The van der Waals surface area contributed by atoms with Crippen LogP contribution in [0.5, 0.6) is 11.6 Å². The van der Waals surface area contributed by atoms with E-state index in [0.717, 1.165) is 68.3 Å². The van der Waals surface area contributed by atoms with Gasteiger partial charge in [-0.05, 0) is 87.6 Å². The molecule has 6 rings (SSSR count). The van der Waals surface area contributed by atoms with Gasteiger partial charge in [-0.25, -0.2) is 15.0 Å². The number of piperidine rings is 1. The lowest BCUT2D eigenvalue weighted by Gasteiger charge is -2.31. The summed E-state index contributed by atoms with van der Waals surface area (Å²) in [5.41, 5.74) is 2.59. The van der Waals surface area contributed by atoms with Crippen LogP contribution in [-0.4, -0.2) is 83.6 Å². The Bertz CT molecular complexity index is 1400. The zero-order chi connectivity index (χ0) is 29.2. The summed E-state index contributed by atoms with van der Waals surface area (Å²) in [4.78, 5) is 32.9. The lowest BCUT2D eigenvalue weighted by molar-refractivity contribution is -0.142. The molecule has 3 saturated heterocycles. The van der Waals surface area contributed by atoms with Crippen molar-refractivity contribution >= 4 is 35.1 Å². The molecule has 42 heavy (non-hydrogen) atoms. The molecule has 3 fully saturated rings. The van der Waals surface area contributed by atoms with E-state index >= 15 is 0 Å². The molecule has 5 heterocycles. The van der Waals surface area contributed by atoms with Crippen molar-refractivity contribution in [2.24, 2.45) is 11.8 Å². The highest BCUT2D eigenvalue weighted by molar-refractivity contribution is 6.35. The molecule has 3 aliphatic heterocycles. The summed E-state index contributed by atoms with van der Waals surface area (Å²) in [6, 6.07) is 9.99. The van der Waals surface area contributed by atoms with Gasteiger partial charge in [-0.2, -0.15) is 0 Å². The Morgan fingerprint density at radius 1 is 0.976 bits per heavy atom. The van der Waals surface area contributed by atoms with E-state index in [0.29, 0.717) is 46.0 Å². The van der Waals surface area contributed by atoms with Crippen LogP contribution in [0.25, 0.3) is 11.3 Å². The quantitative estimate of drug-likeness (QED) is 0.305. The van der Waals surface area contributed by atoms with Crippen molar-refractivity contribution in [3.63, 3.8) is 0 Å². The number of hydrogen-bond acceptors (Lipinski definition) is 9. The van der Waals surface area contributed by atoms with Crippen LogP contribution >= 0.6 is 23.2 Å². The molecule has 0 saturated carbocycles. The average Bonchev–Trinajstić information content (AvgIpc) is 3.55. The Morgan fingerprint density at radius 3 is 2.40 bits per heavy atom. The molecule has 0 amide bonds. The van der Waals surface area contributed by atoms with E-state index in [9.17, 15) is 4.79 Å². The monoisotopic (exact) mass is 610 g/mol. The number of likely N-dealkylation sites (N-methyl/N-ethyl adjacent to an activating group) is 1. The number of hydrogen-bond donors (Lipinski definition) is 0. The van der Waals surface area contributed by atoms with Crippen molar-refractivity contribution < 1.29 is 14.3 Å². The van der Waals surface area contributed by atoms with Gasteiger partial charge in [0.1, 0.15) is 0 Å². The van der Waals surface area contributed by atoms with E-state index < -0.39 is 0 Å². The summed E-state index contributed by atoms with van der Waals surface area (Å²) in [5, 5.41) is 1.09. The molecule has 2 aromatic heterocycles. The number of carbonyl (C=O) groups is 1. The highest BCUT2D eigenvalue weighted by Gasteiger charge is 2.40. The second-order valence-corrected chi connectivity index (χ2v) is 12.6. The molecule has 3 aromatic rings. The Labute approximate surface area is 256 Å². The van der Waals surface area contributed by atoms with E-state index in [1.54, 1.807) is 18.5 Å². The van der Waals surface area contributed by atoms with E-state index in [1.165, 1.54) is 20.1 Å². The first kappa shape index (κ1) is 29.1. The number of esters is 1. The highest BCUT2D eigenvalue weighted by Crippen LogP contribution is 2.33. The maximum absolute atomic E-state index is 11.7. The van der Waals surface area contributed by atoms with E-state index in [1.807, 2.05) is 18.2 Å². The third kappa shape index (κ3) is 6.80. The molecule has 0 unspecified atom stereocenters. The van der Waals surface area contributed by atoms with Crippen LogP contribution in [-0.2, 0) is 16.1 Å². The van der Waals surface area contributed by atoms with Gasteiger partial charge in [0.05, 0.1) is 25.2 Å². The molecular weight excluding hydrogens is 575 g/mol. The summed E-state index contributed by atoms with van der Waals surface area (Å²) < 4.78 is 11.1. The Balaban J connectivity index is 1.18. The van der Waals surface area contributed by atoms with Crippen LogP contribution < -0.4 is 9.64 Å². The SMILES string of the molecule is COC(=O)CC1CCN(Cc2cc(Oc3cnc(N4C[C@H]5CCN(C)[C@H]5C4)nc3)nc(-c3cc(Cl)cc(Cl)c3)c2)CC1. The molecule has 2 atom stereocenters. The topological polar surface area (TPSA) is 83.9 Å². The fourth-order valence-electron chi connectivity index (χ4n) is 6.46. The normalized spacial score (nSPS) is 21.5. The van der Waals surface area contributed by atoms with Gasteiger partial charge in [0, 0.05) is 53.8 Å². The summed E-state index contributed by atoms with van der Waals surface area (Å²) in [7, 11) is 3.65. The fraction of sp³-hybridized carbons (Fsp3) is 0.484. The molecule has 0 aliphatic carbocycles. The van der Waals surface area contributed by atoms with E-state index in [4.69, 9.17) is 37.7 Å². The lowest BCUT2D eigenvalue weighted by Crippen LogP contribution is -2.34.